The molecular formula is C18H21N5O4S. The van der Waals surface area contributed by atoms with Crippen LogP contribution < -0.4 is 16.4 Å². The van der Waals surface area contributed by atoms with Crippen molar-refractivity contribution in [1.82, 2.24) is 14.6 Å². The summed E-state index contributed by atoms with van der Waals surface area (Å²) in [6, 6.07) is 8.14. The lowest BCUT2D eigenvalue weighted by molar-refractivity contribution is -0.121. The Hall–Kier alpha value is -2.98. The zero-order chi connectivity index (χ0) is 20.1. The van der Waals surface area contributed by atoms with Crippen LogP contribution in [0.3, 0.4) is 0 Å². The number of benzene rings is 1. The second kappa shape index (κ2) is 8.36. The topological polar surface area (TPSA) is 134 Å². The Kier molecular flexibility index (Phi) is 5.90. The number of anilines is 1. The van der Waals surface area contributed by atoms with Crippen LogP contribution >= 0.6 is 0 Å². The third-order valence-electron chi connectivity index (χ3n) is 4.43. The predicted octanol–water partition coefficient (Wildman–Crippen LogP) is 1.04. The molecule has 10 heteroatoms. The first kappa shape index (κ1) is 19.8. The van der Waals surface area contributed by atoms with E-state index in [0.717, 1.165) is 9.87 Å². The van der Waals surface area contributed by atoms with E-state index in [1.54, 1.807) is 18.5 Å². The molecule has 1 atom stereocenters. The van der Waals surface area contributed by atoms with Crippen LogP contribution in [0.15, 0.2) is 53.7 Å². The van der Waals surface area contributed by atoms with E-state index in [2.05, 4.69) is 15.6 Å². The molecule has 1 aliphatic rings. The number of hydrogen-bond donors (Lipinski definition) is 3. The van der Waals surface area contributed by atoms with Crippen molar-refractivity contribution in [1.29, 1.82) is 0 Å². The lowest BCUT2D eigenvalue weighted by atomic mass is 10.2. The average Bonchev–Trinajstić information content (AvgIpc) is 3.19. The summed E-state index contributed by atoms with van der Waals surface area (Å²) in [4.78, 5) is 27.5. The van der Waals surface area contributed by atoms with Crippen LogP contribution in [0.4, 0.5) is 10.5 Å². The van der Waals surface area contributed by atoms with Gasteiger partial charge in [-0.25, -0.2) is 13.2 Å². The molecule has 2 aromatic rings. The number of urea groups is 1. The largest absolute Gasteiger partial charge is 0.368 e. The number of hydrogen-bond acceptors (Lipinski definition) is 5. The highest BCUT2D eigenvalue weighted by atomic mass is 32.2. The van der Waals surface area contributed by atoms with E-state index < -0.39 is 28.0 Å². The summed E-state index contributed by atoms with van der Waals surface area (Å²) in [5, 5.41) is 5.32. The first-order valence-corrected chi connectivity index (χ1v) is 10.2. The summed E-state index contributed by atoms with van der Waals surface area (Å²) in [6.45, 7) is 0.572. The molecule has 0 radical (unpaired) electrons. The first-order valence-electron chi connectivity index (χ1n) is 8.73. The van der Waals surface area contributed by atoms with Crippen LogP contribution in [0.2, 0.25) is 0 Å². The van der Waals surface area contributed by atoms with Gasteiger partial charge in [-0.1, -0.05) is 6.07 Å². The lowest BCUT2D eigenvalue weighted by Gasteiger charge is -2.21. The van der Waals surface area contributed by atoms with Crippen LogP contribution in [0.25, 0.3) is 0 Å². The van der Waals surface area contributed by atoms with Gasteiger partial charge in [-0.3, -0.25) is 9.78 Å². The summed E-state index contributed by atoms with van der Waals surface area (Å²) < 4.78 is 26.6. The van der Waals surface area contributed by atoms with Gasteiger partial charge in [-0.15, -0.1) is 0 Å². The quantitative estimate of drug-likeness (QED) is 0.662. The molecule has 28 heavy (non-hydrogen) atoms. The smallest absolute Gasteiger partial charge is 0.319 e. The number of rotatable bonds is 6. The van der Waals surface area contributed by atoms with E-state index >= 15 is 0 Å². The number of nitrogens with zero attached hydrogens (tertiary/aromatic N) is 2. The highest BCUT2D eigenvalue weighted by Gasteiger charge is 2.38. The average molecular weight is 403 g/mol. The van der Waals surface area contributed by atoms with Gasteiger partial charge in [0.25, 0.3) is 0 Å². The summed E-state index contributed by atoms with van der Waals surface area (Å²) in [7, 11) is -3.83. The van der Waals surface area contributed by atoms with Gasteiger partial charge in [0.2, 0.25) is 15.9 Å². The van der Waals surface area contributed by atoms with Gasteiger partial charge < -0.3 is 16.4 Å². The number of aromatic nitrogens is 1. The Bertz CT molecular complexity index is 948. The molecule has 2 heterocycles. The number of nitrogens with one attached hydrogen (secondary N) is 2. The maximum Gasteiger partial charge on any atom is 0.319 e. The fourth-order valence-corrected chi connectivity index (χ4v) is 4.68. The van der Waals surface area contributed by atoms with Gasteiger partial charge >= 0.3 is 6.03 Å². The van der Waals surface area contributed by atoms with Crippen molar-refractivity contribution in [3.63, 3.8) is 0 Å². The van der Waals surface area contributed by atoms with Crippen LogP contribution in [0.1, 0.15) is 18.4 Å². The first-order chi connectivity index (χ1) is 13.4. The van der Waals surface area contributed by atoms with E-state index in [1.165, 1.54) is 24.3 Å². The summed E-state index contributed by atoms with van der Waals surface area (Å²) >= 11 is 0. The molecule has 4 N–H and O–H groups in total. The van der Waals surface area contributed by atoms with E-state index in [1.807, 2.05) is 6.07 Å². The monoisotopic (exact) mass is 403 g/mol. The molecule has 0 saturated carbocycles. The molecule has 0 spiro atoms. The Labute approximate surface area is 163 Å². The molecule has 0 bridgehead atoms. The van der Waals surface area contributed by atoms with Gasteiger partial charge in [-0.2, -0.15) is 4.31 Å². The third kappa shape index (κ3) is 4.46. The highest BCUT2D eigenvalue weighted by molar-refractivity contribution is 7.89. The van der Waals surface area contributed by atoms with Crippen molar-refractivity contribution in [3.05, 3.63) is 54.4 Å². The fraction of sp³-hybridized carbons (Fsp3) is 0.278. The molecule has 0 aliphatic carbocycles. The zero-order valence-corrected chi connectivity index (χ0v) is 15.9. The standard InChI is InChI=1S/C18H21N5O4S/c19-17(24)16-4-2-10-23(16)28(26,27)15-7-5-14(6-8-15)22-18(25)21-12-13-3-1-9-20-11-13/h1,3,5-9,11,16H,2,4,10,12H2,(H2,19,24)(H2,21,22,25)/t16-/m0/s1. The molecule has 3 rings (SSSR count). The Morgan fingerprint density at radius 1 is 1.21 bits per heavy atom. The molecule has 1 saturated heterocycles. The minimum Gasteiger partial charge on any atom is -0.368 e. The van der Waals surface area contributed by atoms with Crippen molar-refractivity contribution in [3.8, 4) is 0 Å². The number of carbonyl (C=O) groups is 2. The predicted molar refractivity (Wildman–Crippen MR) is 103 cm³/mol. The Morgan fingerprint density at radius 2 is 1.96 bits per heavy atom. The van der Waals surface area contributed by atoms with Gasteiger partial charge in [0.05, 0.1) is 4.90 Å². The minimum atomic E-state index is -3.83. The SMILES string of the molecule is NC(=O)[C@@H]1CCCN1S(=O)(=O)c1ccc(NC(=O)NCc2cccnc2)cc1. The highest BCUT2D eigenvalue weighted by Crippen LogP contribution is 2.26. The van der Waals surface area contributed by atoms with Crippen molar-refractivity contribution >= 4 is 27.6 Å². The minimum absolute atomic E-state index is 0.0435. The van der Waals surface area contributed by atoms with E-state index in [-0.39, 0.29) is 11.4 Å². The molecule has 9 nitrogen and oxygen atoms in total. The molecule has 1 fully saturated rings. The van der Waals surface area contributed by atoms with Crippen LogP contribution in [0.5, 0.6) is 0 Å². The second-order valence-electron chi connectivity index (χ2n) is 6.37. The molecule has 0 unspecified atom stereocenters. The molecule has 1 aromatic carbocycles. The maximum atomic E-state index is 12.8. The van der Waals surface area contributed by atoms with Crippen molar-refractivity contribution in [2.45, 2.75) is 30.3 Å². The lowest BCUT2D eigenvalue weighted by Crippen LogP contribution is -2.43. The molecule has 1 aliphatic heterocycles. The zero-order valence-electron chi connectivity index (χ0n) is 15.0. The number of sulfonamides is 1. The summed E-state index contributed by atoms with van der Waals surface area (Å²) in [5.74, 6) is -0.648. The Morgan fingerprint density at radius 3 is 2.61 bits per heavy atom. The number of primary amides is 1. The molecular weight excluding hydrogens is 382 g/mol. The number of amides is 3. The molecule has 3 amide bonds. The second-order valence-corrected chi connectivity index (χ2v) is 8.26. The molecule has 148 valence electrons. The van der Waals surface area contributed by atoms with Gasteiger partial charge in [-0.05, 0) is 48.7 Å². The van der Waals surface area contributed by atoms with Crippen molar-refractivity contribution < 1.29 is 18.0 Å². The Balaban J connectivity index is 1.63. The van der Waals surface area contributed by atoms with Crippen LogP contribution in [-0.2, 0) is 21.4 Å². The molecule has 1 aromatic heterocycles. The normalized spacial score (nSPS) is 17.2. The number of carbonyl (C=O) groups excluding carboxylic acids is 2. The van der Waals surface area contributed by atoms with E-state index in [9.17, 15) is 18.0 Å². The maximum absolute atomic E-state index is 12.8. The van der Waals surface area contributed by atoms with E-state index in [0.29, 0.717) is 25.1 Å². The summed E-state index contributed by atoms with van der Waals surface area (Å²) in [5.41, 5.74) is 6.60. The third-order valence-corrected chi connectivity index (χ3v) is 6.35. The van der Waals surface area contributed by atoms with Crippen LogP contribution in [-0.4, -0.2) is 42.2 Å². The van der Waals surface area contributed by atoms with Crippen molar-refractivity contribution in [2.24, 2.45) is 5.73 Å². The van der Waals surface area contributed by atoms with Gasteiger partial charge in [0, 0.05) is 31.2 Å². The van der Waals surface area contributed by atoms with Gasteiger partial charge in [0.1, 0.15) is 6.04 Å². The van der Waals surface area contributed by atoms with Crippen molar-refractivity contribution in [2.75, 3.05) is 11.9 Å². The fourth-order valence-electron chi connectivity index (χ4n) is 3.02. The number of nitrogens with two attached hydrogens (primary N) is 1. The number of pyridine rings is 1. The van der Waals surface area contributed by atoms with E-state index in [4.69, 9.17) is 5.73 Å². The van der Waals surface area contributed by atoms with Gasteiger partial charge in [0.15, 0.2) is 0 Å². The summed E-state index contributed by atoms with van der Waals surface area (Å²) in [6.07, 6.45) is 4.31. The van der Waals surface area contributed by atoms with Crippen LogP contribution in [0, 0.1) is 0 Å².